The van der Waals surface area contributed by atoms with Gasteiger partial charge in [-0.2, -0.15) is 8.78 Å². The topological polar surface area (TPSA) is 0 Å². The first-order valence-electron chi connectivity index (χ1n) is 11.5. The summed E-state index contributed by atoms with van der Waals surface area (Å²) >= 11 is 0. The molecule has 170 valence electrons. The fraction of sp³-hybridized carbons (Fsp3) is 0.310. The van der Waals surface area contributed by atoms with Crippen molar-refractivity contribution in [2.75, 3.05) is 0 Å². The predicted octanol–water partition coefficient (Wildman–Crippen LogP) is 8.98. The molecule has 0 amide bonds. The van der Waals surface area contributed by atoms with E-state index in [-0.39, 0.29) is 10.9 Å². The minimum atomic E-state index is -1.96. The second-order valence-electron chi connectivity index (χ2n) is 8.81. The molecule has 33 heavy (non-hydrogen) atoms. The number of benzene rings is 3. The Morgan fingerprint density at radius 1 is 0.970 bits per heavy atom. The number of hydrogen-bond donors (Lipinski definition) is 0. The summed E-state index contributed by atoms with van der Waals surface area (Å²) in [5, 5.41) is 0.730. The molecule has 0 nitrogen and oxygen atoms in total. The SMILES string of the molecule is CCCC1CCC(C#Cc2ccc(-c3ccc4c(F)c(C=C(F)F)ccc4c3)c(F)c2)CC1. The first-order valence-corrected chi connectivity index (χ1v) is 11.5. The van der Waals surface area contributed by atoms with Crippen LogP contribution in [-0.2, 0) is 0 Å². The van der Waals surface area contributed by atoms with Crippen LogP contribution in [0.15, 0.2) is 54.6 Å². The normalized spacial score (nSPS) is 18.0. The Balaban J connectivity index is 1.53. The van der Waals surface area contributed by atoms with Crippen LogP contribution in [0.1, 0.15) is 56.6 Å². The Labute approximate surface area is 192 Å². The lowest BCUT2D eigenvalue weighted by Crippen LogP contribution is -2.13. The maximum Gasteiger partial charge on any atom is 0.271 e. The highest BCUT2D eigenvalue weighted by molar-refractivity contribution is 5.89. The van der Waals surface area contributed by atoms with E-state index >= 15 is 0 Å². The molecule has 1 aliphatic rings. The molecule has 3 aromatic rings. The van der Waals surface area contributed by atoms with Crippen molar-refractivity contribution in [3.05, 3.63) is 77.4 Å². The van der Waals surface area contributed by atoms with Gasteiger partial charge in [-0.15, -0.1) is 0 Å². The van der Waals surface area contributed by atoms with Crippen LogP contribution >= 0.6 is 0 Å². The lowest BCUT2D eigenvalue weighted by Gasteiger charge is -2.25. The van der Waals surface area contributed by atoms with Crippen LogP contribution in [0, 0.1) is 35.3 Å². The average molecular weight is 451 g/mol. The molecule has 0 aromatic heterocycles. The zero-order valence-electron chi connectivity index (χ0n) is 18.6. The monoisotopic (exact) mass is 450 g/mol. The molecule has 0 N–H and O–H groups in total. The van der Waals surface area contributed by atoms with Gasteiger partial charge >= 0.3 is 0 Å². The minimum absolute atomic E-state index is 0.178. The lowest BCUT2D eigenvalue weighted by molar-refractivity contribution is 0.300. The molecule has 0 saturated heterocycles. The molecule has 0 aliphatic heterocycles. The summed E-state index contributed by atoms with van der Waals surface area (Å²) in [7, 11) is 0. The molecule has 0 heterocycles. The lowest BCUT2D eigenvalue weighted by atomic mass is 9.80. The Kier molecular flexibility index (Phi) is 7.18. The third kappa shape index (κ3) is 5.47. The van der Waals surface area contributed by atoms with Gasteiger partial charge in [0.2, 0.25) is 0 Å². The molecule has 0 atom stereocenters. The fourth-order valence-corrected chi connectivity index (χ4v) is 4.72. The van der Waals surface area contributed by atoms with Crippen LogP contribution < -0.4 is 0 Å². The van der Waals surface area contributed by atoms with Gasteiger partial charge in [0.05, 0.1) is 0 Å². The van der Waals surface area contributed by atoms with E-state index in [0.29, 0.717) is 34.1 Å². The van der Waals surface area contributed by atoms with Gasteiger partial charge in [-0.1, -0.05) is 61.9 Å². The van der Waals surface area contributed by atoms with Crippen LogP contribution in [-0.4, -0.2) is 0 Å². The van der Waals surface area contributed by atoms with Gasteiger partial charge in [0.15, 0.2) is 0 Å². The highest BCUT2D eigenvalue weighted by Gasteiger charge is 2.19. The Hall–Kier alpha value is -3.06. The van der Waals surface area contributed by atoms with E-state index in [9.17, 15) is 17.6 Å². The van der Waals surface area contributed by atoms with Crippen molar-refractivity contribution in [2.24, 2.45) is 11.8 Å². The third-order valence-corrected chi connectivity index (χ3v) is 6.49. The Morgan fingerprint density at radius 3 is 2.45 bits per heavy atom. The molecule has 0 bridgehead atoms. The first kappa shape index (κ1) is 23.1. The maximum absolute atomic E-state index is 14.9. The van der Waals surface area contributed by atoms with Gasteiger partial charge in [0.1, 0.15) is 11.6 Å². The average Bonchev–Trinajstić information content (AvgIpc) is 2.80. The molecule has 1 aliphatic carbocycles. The molecule has 4 heteroatoms. The molecule has 1 fully saturated rings. The molecule has 0 radical (unpaired) electrons. The van der Waals surface area contributed by atoms with Crippen molar-refractivity contribution in [1.29, 1.82) is 0 Å². The molecular formula is C29H26F4. The van der Waals surface area contributed by atoms with Gasteiger partial charge in [0.25, 0.3) is 6.08 Å². The molecule has 4 rings (SSSR count). The van der Waals surface area contributed by atoms with E-state index in [0.717, 1.165) is 18.8 Å². The van der Waals surface area contributed by atoms with Crippen LogP contribution in [0.3, 0.4) is 0 Å². The van der Waals surface area contributed by atoms with Crippen molar-refractivity contribution in [3.63, 3.8) is 0 Å². The summed E-state index contributed by atoms with van der Waals surface area (Å²) in [5.41, 5.74) is 1.45. The highest BCUT2D eigenvalue weighted by Crippen LogP contribution is 2.32. The van der Waals surface area contributed by atoms with E-state index in [1.165, 1.54) is 43.9 Å². The number of halogens is 4. The second kappa shape index (κ2) is 10.3. The summed E-state index contributed by atoms with van der Waals surface area (Å²) in [6, 6.07) is 12.5. The Bertz CT molecular complexity index is 1230. The standard InChI is InChI=1S/C29H26F4/c1-2-3-19-4-6-20(7-5-19)8-9-21-10-14-25(27(30)16-21)22-13-15-26-23(17-22)11-12-24(29(26)33)18-28(31)32/h10-20H,2-7H2,1H3. The zero-order valence-corrected chi connectivity index (χ0v) is 18.6. The smallest absolute Gasteiger partial charge is 0.206 e. The van der Waals surface area contributed by atoms with Crippen molar-refractivity contribution in [2.45, 2.75) is 45.4 Å². The summed E-state index contributed by atoms with van der Waals surface area (Å²) in [5.74, 6) is 6.54. The number of rotatable bonds is 4. The number of hydrogen-bond acceptors (Lipinski definition) is 0. The fourth-order valence-electron chi connectivity index (χ4n) is 4.72. The van der Waals surface area contributed by atoms with Crippen molar-refractivity contribution < 1.29 is 17.6 Å². The van der Waals surface area contributed by atoms with E-state index in [4.69, 9.17) is 0 Å². The third-order valence-electron chi connectivity index (χ3n) is 6.49. The summed E-state index contributed by atoms with van der Waals surface area (Å²) in [6.45, 7) is 2.23. The van der Waals surface area contributed by atoms with E-state index < -0.39 is 17.7 Å². The molecular weight excluding hydrogens is 424 g/mol. The van der Waals surface area contributed by atoms with Crippen LogP contribution in [0.4, 0.5) is 17.6 Å². The zero-order chi connectivity index (χ0) is 23.4. The van der Waals surface area contributed by atoms with Crippen LogP contribution in [0.5, 0.6) is 0 Å². The molecule has 0 spiro atoms. The quantitative estimate of drug-likeness (QED) is 0.275. The van der Waals surface area contributed by atoms with E-state index in [1.54, 1.807) is 30.3 Å². The second-order valence-corrected chi connectivity index (χ2v) is 8.81. The van der Waals surface area contributed by atoms with Crippen molar-refractivity contribution in [1.82, 2.24) is 0 Å². The summed E-state index contributed by atoms with van der Waals surface area (Å²) in [6.07, 6.45) is 5.74. The van der Waals surface area contributed by atoms with Crippen molar-refractivity contribution in [3.8, 4) is 23.0 Å². The largest absolute Gasteiger partial charge is 0.271 e. The van der Waals surface area contributed by atoms with Gasteiger partial charge in [0, 0.05) is 34.1 Å². The minimum Gasteiger partial charge on any atom is -0.206 e. The molecule has 3 aromatic carbocycles. The maximum atomic E-state index is 14.9. The van der Waals surface area contributed by atoms with E-state index in [2.05, 4.69) is 18.8 Å². The summed E-state index contributed by atoms with van der Waals surface area (Å²) < 4.78 is 54.4. The summed E-state index contributed by atoms with van der Waals surface area (Å²) in [4.78, 5) is 0. The van der Waals surface area contributed by atoms with Gasteiger partial charge in [-0.05, 0) is 60.7 Å². The van der Waals surface area contributed by atoms with Gasteiger partial charge in [-0.3, -0.25) is 0 Å². The molecule has 1 saturated carbocycles. The van der Waals surface area contributed by atoms with Gasteiger partial charge < -0.3 is 0 Å². The van der Waals surface area contributed by atoms with E-state index in [1.807, 2.05) is 0 Å². The predicted molar refractivity (Wildman–Crippen MR) is 127 cm³/mol. The van der Waals surface area contributed by atoms with Crippen molar-refractivity contribution >= 4 is 16.8 Å². The van der Waals surface area contributed by atoms with Crippen LogP contribution in [0.25, 0.3) is 28.0 Å². The van der Waals surface area contributed by atoms with Gasteiger partial charge in [-0.25, -0.2) is 8.78 Å². The number of fused-ring (bicyclic) bond motifs is 1. The highest BCUT2D eigenvalue weighted by atomic mass is 19.3. The first-order chi connectivity index (χ1) is 15.9. The van der Waals surface area contributed by atoms with Crippen LogP contribution in [0.2, 0.25) is 0 Å². The molecule has 0 unspecified atom stereocenters. The Morgan fingerprint density at radius 2 is 1.76 bits per heavy atom.